The maximum absolute atomic E-state index is 13.0. The number of aromatic nitrogens is 4. The Hall–Kier alpha value is -9.96. The summed E-state index contributed by atoms with van der Waals surface area (Å²) in [4.78, 5) is 0. The lowest BCUT2D eigenvalue weighted by Gasteiger charge is -2.27. The van der Waals surface area contributed by atoms with Gasteiger partial charge in [-0.3, -0.25) is 0 Å². The average Bonchev–Trinajstić information content (AvgIpc) is 4.30. The lowest BCUT2D eigenvalue weighted by molar-refractivity contribution is 1.03. The van der Waals surface area contributed by atoms with E-state index < -0.39 is 8.07 Å². The zero-order valence-corrected chi connectivity index (χ0v) is 45.3. The van der Waals surface area contributed by atoms with Crippen molar-refractivity contribution in [2.75, 3.05) is 0 Å². The van der Waals surface area contributed by atoms with Gasteiger partial charge in [-0.1, -0.05) is 201 Å². The number of hydrogen-bond acceptors (Lipinski definition) is 3. The van der Waals surface area contributed by atoms with E-state index >= 15 is 0 Å². The fourth-order valence-corrected chi connectivity index (χ4v) is 16.3. The first-order chi connectivity index (χ1) is 38.8. The Morgan fingerprint density at radius 2 is 0.684 bits per heavy atom. The van der Waals surface area contributed by atoms with Crippen LogP contribution in [-0.4, -0.2) is 26.3 Å². The van der Waals surface area contributed by atoms with Crippen LogP contribution in [0.4, 0.5) is 0 Å². The van der Waals surface area contributed by atoms with Gasteiger partial charge in [-0.05, 0) is 59.7 Å². The third-order valence-corrected chi connectivity index (χ3v) is 19.8. The van der Waals surface area contributed by atoms with Crippen LogP contribution in [0.2, 0.25) is 19.6 Å². The number of benzene rings is 11. The van der Waals surface area contributed by atoms with Gasteiger partial charge in [-0.15, -0.1) is 11.3 Å². The molecule has 0 saturated carbocycles. The molecule has 0 fully saturated rings. The topological polar surface area (TPSA) is 67.3 Å². The van der Waals surface area contributed by atoms with Gasteiger partial charge in [0.25, 0.3) is 0 Å². The van der Waals surface area contributed by atoms with Crippen LogP contribution in [0.5, 0.6) is 0 Å². The van der Waals surface area contributed by atoms with Crippen molar-refractivity contribution < 1.29 is 0 Å². The van der Waals surface area contributed by atoms with Gasteiger partial charge in [-0.25, -0.2) is 0 Å². The van der Waals surface area contributed by atoms with Crippen LogP contribution in [0.1, 0.15) is 11.1 Å². The molecule has 370 valence electrons. The van der Waals surface area contributed by atoms with E-state index in [0.717, 1.165) is 103 Å². The van der Waals surface area contributed by atoms with Crippen molar-refractivity contribution in [1.82, 2.24) is 18.3 Å². The molecule has 5 heterocycles. The van der Waals surface area contributed by atoms with E-state index in [4.69, 9.17) is 0 Å². The van der Waals surface area contributed by atoms with Crippen molar-refractivity contribution in [3.05, 3.63) is 236 Å². The predicted octanol–water partition coefficient (Wildman–Crippen LogP) is 18.4. The highest BCUT2D eigenvalue weighted by Gasteiger charge is 2.35. The van der Waals surface area contributed by atoms with Crippen molar-refractivity contribution in [2.24, 2.45) is 0 Å². The molecular weight excluding hydrogens is 997 g/mol. The molecule has 0 aliphatic rings. The monoisotopic (exact) mass is 1040 g/mol. The van der Waals surface area contributed by atoms with Crippen LogP contribution in [0.25, 0.3) is 141 Å². The molecule has 5 aromatic heterocycles. The van der Waals surface area contributed by atoms with Crippen molar-refractivity contribution in [3.63, 3.8) is 0 Å². The third-order valence-electron chi connectivity index (χ3n) is 16.6. The summed E-state index contributed by atoms with van der Waals surface area (Å²) >= 11 is 1.79. The fraction of sp³-hybridized carbons (Fsp3) is 0.0423. The number of thiophene rings is 1. The van der Waals surface area contributed by atoms with Gasteiger partial charge < -0.3 is 18.3 Å². The van der Waals surface area contributed by atoms with Gasteiger partial charge in [0.05, 0.1) is 79.7 Å². The average molecular weight is 1040 g/mol. The van der Waals surface area contributed by atoms with Gasteiger partial charge in [-0.2, -0.15) is 10.5 Å². The Kier molecular flexibility index (Phi) is 9.60. The lowest BCUT2D eigenvalue weighted by Crippen LogP contribution is -2.38. The Balaban J connectivity index is 1.24. The fourth-order valence-electron chi connectivity index (χ4n) is 13.4. The van der Waals surface area contributed by atoms with Crippen molar-refractivity contribution in [3.8, 4) is 46.0 Å². The molecule has 16 rings (SSSR count). The van der Waals surface area contributed by atoms with Crippen LogP contribution < -0.4 is 5.19 Å². The smallest absolute Gasteiger partial charge is 0.104 e. The molecule has 0 N–H and O–H groups in total. The molecule has 0 spiro atoms. The van der Waals surface area contributed by atoms with Crippen molar-refractivity contribution >= 4 is 132 Å². The second-order valence-corrected chi connectivity index (χ2v) is 27.8. The van der Waals surface area contributed by atoms with Gasteiger partial charge in [0.2, 0.25) is 0 Å². The first-order valence-corrected chi connectivity index (χ1v) is 31.1. The highest BCUT2D eigenvalue weighted by molar-refractivity contribution is 7.26. The molecule has 6 nitrogen and oxygen atoms in total. The molecule has 16 aromatic rings. The van der Waals surface area contributed by atoms with Crippen LogP contribution in [0, 0.1) is 22.7 Å². The van der Waals surface area contributed by atoms with E-state index in [0.29, 0.717) is 33.9 Å². The lowest BCUT2D eigenvalue weighted by atomic mass is 9.98. The highest BCUT2D eigenvalue weighted by Crippen LogP contribution is 2.51. The molecule has 0 aliphatic carbocycles. The quantitative estimate of drug-likeness (QED) is 0.156. The van der Waals surface area contributed by atoms with E-state index in [-0.39, 0.29) is 0 Å². The summed E-state index contributed by atoms with van der Waals surface area (Å²) in [6.45, 7) is 7.27. The number of fused-ring (bicyclic) bond motifs is 16. The Morgan fingerprint density at radius 3 is 1.13 bits per heavy atom. The molecule has 0 atom stereocenters. The second-order valence-electron chi connectivity index (χ2n) is 21.7. The van der Waals surface area contributed by atoms with E-state index in [1.165, 1.54) is 20.8 Å². The SMILES string of the molecule is C[Si](C)(C)c1ccccc1-c1cccc2c1c1ccc3c4ccccc4sc3c1n2-c1c(C#N)c(-n2c3ccccc3c3ccccc32)c(-n2c3ccccc3c3ccccc32)c(C#N)c1-n1c2ccccc2c2ccccc21. The van der Waals surface area contributed by atoms with Crippen LogP contribution in [0.3, 0.4) is 0 Å². The minimum atomic E-state index is -1.91. The predicted molar refractivity (Wildman–Crippen MR) is 335 cm³/mol. The molecule has 79 heavy (non-hydrogen) atoms. The summed E-state index contributed by atoms with van der Waals surface area (Å²) < 4.78 is 11.5. The van der Waals surface area contributed by atoms with Gasteiger partial charge in [0, 0.05) is 58.6 Å². The molecule has 11 aromatic carbocycles. The van der Waals surface area contributed by atoms with Crippen LogP contribution in [0.15, 0.2) is 224 Å². The second kappa shape index (κ2) is 16.8. The maximum atomic E-state index is 13.0. The summed E-state index contributed by atoms with van der Waals surface area (Å²) in [6.07, 6.45) is 0. The van der Waals surface area contributed by atoms with E-state index in [2.05, 4.69) is 275 Å². The molecule has 0 aliphatic heterocycles. The maximum Gasteiger partial charge on any atom is 0.104 e. The highest BCUT2D eigenvalue weighted by atomic mass is 32.1. The van der Waals surface area contributed by atoms with E-state index in [9.17, 15) is 10.5 Å². The summed E-state index contributed by atoms with van der Waals surface area (Å²) in [5.41, 5.74) is 13.3. The number of hydrogen-bond donors (Lipinski definition) is 0. The minimum absolute atomic E-state index is 0.433. The molecular formula is C71H46N6SSi. The summed E-state index contributed by atoms with van der Waals surface area (Å²) in [5, 5.41) is 38.0. The van der Waals surface area contributed by atoms with Gasteiger partial charge >= 0.3 is 0 Å². The normalized spacial score (nSPS) is 12.2. The molecule has 0 unspecified atom stereocenters. The number of nitrogens with zero attached hydrogens (tertiary/aromatic N) is 6. The summed E-state index contributed by atoms with van der Waals surface area (Å²) in [6, 6.07) is 85.9. The Bertz CT molecular complexity index is 5250. The molecule has 0 saturated heterocycles. The van der Waals surface area contributed by atoms with Crippen LogP contribution >= 0.6 is 11.3 Å². The van der Waals surface area contributed by atoms with Gasteiger partial charge in [0.1, 0.15) is 23.3 Å². The zero-order chi connectivity index (χ0) is 52.8. The Morgan fingerprint density at radius 1 is 0.329 bits per heavy atom. The first kappa shape index (κ1) is 45.3. The molecule has 0 bridgehead atoms. The van der Waals surface area contributed by atoms with Crippen LogP contribution in [-0.2, 0) is 0 Å². The number of rotatable bonds is 6. The first-order valence-electron chi connectivity index (χ1n) is 26.8. The minimum Gasteiger partial charge on any atom is -0.306 e. The molecule has 0 amide bonds. The zero-order valence-electron chi connectivity index (χ0n) is 43.5. The van der Waals surface area contributed by atoms with Crippen molar-refractivity contribution in [2.45, 2.75) is 19.6 Å². The van der Waals surface area contributed by atoms with Crippen molar-refractivity contribution in [1.29, 1.82) is 10.5 Å². The standard InChI is InChI=1S/C71H46N6SSi/c1-79(2,3)64-38-19-11-28-50(64)51-29-20-36-62-65(51)53-40-39-52-49-27-10-18-37-63(49)78-71(52)70(53)77(62)69-55(42-73)67(75-58-32-14-6-23-45(58)46-24-7-15-33-59(46)75)66(74-56-30-12-4-21-43(56)44-22-5-13-31-57(44)74)54(41-72)68(69)76-60-34-16-8-25-47(60)48-26-9-17-35-61(48)76/h4-40H,1-3H3. The Labute approximate surface area is 459 Å². The number of nitriles is 2. The van der Waals surface area contributed by atoms with E-state index in [1.807, 2.05) is 0 Å². The number of para-hydroxylation sites is 6. The van der Waals surface area contributed by atoms with E-state index in [1.54, 1.807) is 11.3 Å². The summed E-state index contributed by atoms with van der Waals surface area (Å²) in [7, 11) is -1.91. The molecule has 8 heteroatoms. The third kappa shape index (κ3) is 6.18. The largest absolute Gasteiger partial charge is 0.306 e. The van der Waals surface area contributed by atoms with Gasteiger partial charge in [0.15, 0.2) is 0 Å². The summed E-state index contributed by atoms with van der Waals surface area (Å²) in [5.74, 6) is 0. The molecule has 0 radical (unpaired) electrons.